The first-order valence-corrected chi connectivity index (χ1v) is 7.97. The van der Waals surface area contributed by atoms with Crippen LogP contribution in [0.15, 0.2) is 61.1 Å². The molecule has 1 N–H and O–H groups in total. The highest BCUT2D eigenvalue weighted by molar-refractivity contribution is 6.38. The van der Waals surface area contributed by atoms with Gasteiger partial charge in [-0.25, -0.2) is 9.88 Å². The van der Waals surface area contributed by atoms with Gasteiger partial charge in [0, 0.05) is 24.2 Å². The summed E-state index contributed by atoms with van der Waals surface area (Å²) in [6.45, 7) is 0. The molecule has 1 aliphatic heterocycles. The number of hydrogen-bond acceptors (Lipinski definition) is 5. The van der Waals surface area contributed by atoms with E-state index in [9.17, 15) is 9.59 Å². The number of amides is 2. The topological polar surface area (TPSA) is 91.8 Å². The third-order valence-corrected chi connectivity index (χ3v) is 4.42. The van der Waals surface area contributed by atoms with Gasteiger partial charge in [-0.05, 0) is 24.3 Å². The molecule has 0 aliphatic carbocycles. The standard InChI is InChI=1S/C19H11N5O2/c25-18-13-10-21-17-15(16(22-23-17)11-6-8-20-9-7-11)14(13)19(26)24(18)12-4-2-1-3-5-12/h1-10H,(H,21,22,23). The lowest BCUT2D eigenvalue weighted by atomic mass is 10.0. The molecule has 0 radical (unpaired) electrons. The molecular weight excluding hydrogens is 330 g/mol. The van der Waals surface area contributed by atoms with Crippen LogP contribution < -0.4 is 4.90 Å². The second kappa shape index (κ2) is 5.32. The van der Waals surface area contributed by atoms with Crippen LogP contribution in [-0.4, -0.2) is 32.0 Å². The van der Waals surface area contributed by atoms with Gasteiger partial charge in [0.05, 0.1) is 27.9 Å². The highest BCUT2D eigenvalue weighted by Crippen LogP contribution is 2.36. The fraction of sp³-hybridized carbons (Fsp3) is 0. The Balaban J connectivity index is 1.77. The number of carbonyl (C=O) groups excluding carboxylic acids is 2. The van der Waals surface area contributed by atoms with Crippen molar-refractivity contribution in [3.8, 4) is 11.3 Å². The number of fused-ring (bicyclic) bond motifs is 3. The molecule has 1 aliphatic rings. The molecule has 3 aromatic heterocycles. The van der Waals surface area contributed by atoms with Crippen molar-refractivity contribution >= 4 is 28.5 Å². The van der Waals surface area contributed by atoms with Crippen molar-refractivity contribution in [3.63, 3.8) is 0 Å². The number of hydrogen-bond donors (Lipinski definition) is 1. The second-order valence-electron chi connectivity index (χ2n) is 5.86. The molecule has 124 valence electrons. The number of benzene rings is 1. The van der Waals surface area contributed by atoms with Gasteiger partial charge in [-0.2, -0.15) is 5.10 Å². The minimum absolute atomic E-state index is 0.281. The Morgan fingerprint density at radius 1 is 0.923 bits per heavy atom. The molecule has 1 aromatic carbocycles. The Hall–Kier alpha value is -3.87. The average molecular weight is 341 g/mol. The van der Waals surface area contributed by atoms with E-state index in [-0.39, 0.29) is 17.4 Å². The number of aromatic amines is 1. The van der Waals surface area contributed by atoms with Crippen LogP contribution in [-0.2, 0) is 0 Å². The van der Waals surface area contributed by atoms with Crippen LogP contribution in [0.2, 0.25) is 0 Å². The van der Waals surface area contributed by atoms with Crippen LogP contribution in [0.3, 0.4) is 0 Å². The SMILES string of the molecule is O=C1c2cnc3n[nH]c(-c4ccncc4)c3c2C(=O)N1c1ccccc1. The normalized spacial score (nSPS) is 13.5. The van der Waals surface area contributed by atoms with Crippen molar-refractivity contribution < 1.29 is 9.59 Å². The molecule has 2 amide bonds. The van der Waals surface area contributed by atoms with E-state index < -0.39 is 0 Å². The van der Waals surface area contributed by atoms with E-state index in [0.29, 0.717) is 28.0 Å². The summed E-state index contributed by atoms with van der Waals surface area (Å²) in [4.78, 5) is 35.4. The maximum atomic E-state index is 13.1. The number of imide groups is 1. The van der Waals surface area contributed by atoms with Crippen LogP contribution in [0.25, 0.3) is 22.3 Å². The van der Waals surface area contributed by atoms with Crippen LogP contribution in [0.1, 0.15) is 20.7 Å². The monoisotopic (exact) mass is 341 g/mol. The summed E-state index contributed by atoms with van der Waals surface area (Å²) in [6.07, 6.45) is 4.72. The predicted octanol–water partition coefficient (Wildman–Crippen LogP) is 2.82. The first-order valence-electron chi connectivity index (χ1n) is 7.97. The lowest BCUT2D eigenvalue weighted by molar-refractivity contribution is 0.0926. The van der Waals surface area contributed by atoms with Gasteiger partial charge in [0.2, 0.25) is 0 Å². The minimum atomic E-state index is -0.382. The number of anilines is 1. The van der Waals surface area contributed by atoms with Crippen molar-refractivity contribution in [2.24, 2.45) is 0 Å². The summed E-state index contributed by atoms with van der Waals surface area (Å²) in [5, 5.41) is 7.67. The van der Waals surface area contributed by atoms with Crippen molar-refractivity contribution in [3.05, 3.63) is 72.2 Å². The highest BCUT2D eigenvalue weighted by Gasteiger charge is 2.39. The van der Waals surface area contributed by atoms with Gasteiger partial charge in [-0.1, -0.05) is 18.2 Å². The zero-order valence-electron chi connectivity index (χ0n) is 13.4. The van der Waals surface area contributed by atoms with Gasteiger partial charge in [-0.15, -0.1) is 0 Å². The van der Waals surface area contributed by atoms with Crippen LogP contribution in [0.4, 0.5) is 5.69 Å². The molecule has 0 saturated carbocycles. The average Bonchev–Trinajstić information content (AvgIpc) is 3.22. The van der Waals surface area contributed by atoms with E-state index in [0.717, 1.165) is 5.56 Å². The quantitative estimate of drug-likeness (QED) is 0.566. The summed E-state index contributed by atoms with van der Waals surface area (Å²) in [7, 11) is 0. The number of carbonyl (C=O) groups is 2. The van der Waals surface area contributed by atoms with E-state index in [4.69, 9.17) is 0 Å². The van der Waals surface area contributed by atoms with E-state index in [2.05, 4.69) is 20.2 Å². The molecular formula is C19H11N5O2. The summed E-state index contributed by atoms with van der Waals surface area (Å²) >= 11 is 0. The number of nitrogens with zero attached hydrogens (tertiary/aromatic N) is 4. The summed E-state index contributed by atoms with van der Waals surface area (Å²) in [5.74, 6) is -0.757. The minimum Gasteiger partial charge on any atom is -0.275 e. The largest absolute Gasteiger partial charge is 0.275 e. The van der Waals surface area contributed by atoms with Crippen LogP contribution in [0, 0.1) is 0 Å². The summed E-state index contributed by atoms with van der Waals surface area (Å²) in [5.41, 5.74) is 2.99. The van der Waals surface area contributed by atoms with Crippen molar-refractivity contribution in [2.45, 2.75) is 0 Å². The zero-order chi connectivity index (χ0) is 17.7. The predicted molar refractivity (Wildman–Crippen MR) is 94.7 cm³/mol. The lowest BCUT2D eigenvalue weighted by Crippen LogP contribution is -2.29. The number of nitrogens with one attached hydrogen (secondary N) is 1. The lowest BCUT2D eigenvalue weighted by Gasteiger charge is -2.13. The van der Waals surface area contributed by atoms with Gasteiger partial charge in [0.15, 0.2) is 5.65 Å². The first kappa shape index (κ1) is 14.5. The number of pyridine rings is 2. The third kappa shape index (κ3) is 1.91. The van der Waals surface area contributed by atoms with Crippen molar-refractivity contribution in [2.75, 3.05) is 4.90 Å². The molecule has 0 fully saturated rings. The van der Waals surface area contributed by atoms with E-state index in [1.54, 1.807) is 36.7 Å². The number of aromatic nitrogens is 4. The van der Waals surface area contributed by atoms with Gasteiger partial charge >= 0.3 is 0 Å². The molecule has 7 heteroatoms. The molecule has 0 unspecified atom stereocenters. The molecule has 0 saturated heterocycles. The fourth-order valence-electron chi connectivity index (χ4n) is 3.24. The smallest absolute Gasteiger partial charge is 0.267 e. The van der Waals surface area contributed by atoms with Crippen molar-refractivity contribution in [1.82, 2.24) is 20.2 Å². The van der Waals surface area contributed by atoms with Crippen LogP contribution >= 0.6 is 0 Å². The van der Waals surface area contributed by atoms with Gasteiger partial charge in [0.25, 0.3) is 11.8 Å². The Bertz CT molecular complexity index is 1170. The maximum Gasteiger partial charge on any atom is 0.267 e. The fourth-order valence-corrected chi connectivity index (χ4v) is 3.24. The maximum absolute atomic E-state index is 13.1. The highest BCUT2D eigenvalue weighted by atomic mass is 16.2. The van der Waals surface area contributed by atoms with Crippen molar-refractivity contribution in [1.29, 1.82) is 0 Å². The number of rotatable bonds is 2. The second-order valence-corrected chi connectivity index (χ2v) is 5.86. The first-order chi connectivity index (χ1) is 12.8. The molecule has 4 aromatic rings. The molecule has 4 heterocycles. The Morgan fingerprint density at radius 3 is 2.46 bits per heavy atom. The Morgan fingerprint density at radius 2 is 1.69 bits per heavy atom. The summed E-state index contributed by atoms with van der Waals surface area (Å²) < 4.78 is 0. The molecule has 26 heavy (non-hydrogen) atoms. The Kier molecular flexibility index (Phi) is 2.96. The molecule has 0 bridgehead atoms. The van der Waals surface area contributed by atoms with Gasteiger partial charge in [-0.3, -0.25) is 19.7 Å². The molecule has 0 spiro atoms. The third-order valence-electron chi connectivity index (χ3n) is 4.42. The van der Waals surface area contributed by atoms with Crippen LogP contribution in [0.5, 0.6) is 0 Å². The Labute approximate surface area is 147 Å². The number of H-pyrrole nitrogens is 1. The molecule has 5 rings (SSSR count). The molecule has 7 nitrogen and oxygen atoms in total. The zero-order valence-corrected chi connectivity index (χ0v) is 13.4. The van der Waals surface area contributed by atoms with Gasteiger partial charge < -0.3 is 0 Å². The molecule has 0 atom stereocenters. The van der Waals surface area contributed by atoms with E-state index >= 15 is 0 Å². The summed E-state index contributed by atoms with van der Waals surface area (Å²) in [6, 6.07) is 12.5. The van der Waals surface area contributed by atoms with E-state index in [1.165, 1.54) is 11.1 Å². The van der Waals surface area contributed by atoms with Gasteiger partial charge in [0.1, 0.15) is 0 Å². The van der Waals surface area contributed by atoms with E-state index in [1.807, 2.05) is 18.2 Å². The number of para-hydroxylation sites is 1.